The summed E-state index contributed by atoms with van der Waals surface area (Å²) < 4.78 is 26.0. The van der Waals surface area contributed by atoms with Crippen molar-refractivity contribution in [1.82, 2.24) is 0 Å². The Morgan fingerprint density at radius 2 is 1.95 bits per heavy atom. The van der Waals surface area contributed by atoms with Crippen molar-refractivity contribution in [3.63, 3.8) is 0 Å². The number of carbonyl (C=O) groups excluding carboxylic acids is 1. The number of ether oxygens (including phenoxy) is 5. The largest absolute Gasteiger partial charge is 0.402 e. The van der Waals surface area contributed by atoms with E-state index in [9.17, 15) is 4.79 Å². The predicted molar refractivity (Wildman–Crippen MR) is 74.1 cm³/mol. The van der Waals surface area contributed by atoms with Crippen LogP contribution < -0.4 is 0 Å². The van der Waals surface area contributed by atoms with Crippen LogP contribution in [0.4, 0.5) is 0 Å². The summed E-state index contributed by atoms with van der Waals surface area (Å²) in [5.41, 5.74) is 0.157. The average Bonchev–Trinajstić information content (AvgIpc) is 2.45. The number of esters is 1. The van der Waals surface area contributed by atoms with E-state index in [1.165, 1.54) is 7.11 Å². The highest BCUT2D eigenvalue weighted by molar-refractivity contribution is 5.88. The Bertz CT molecular complexity index is 315. The topological polar surface area (TPSA) is 63.2 Å². The van der Waals surface area contributed by atoms with Gasteiger partial charge in [0.1, 0.15) is 6.61 Å². The van der Waals surface area contributed by atoms with Gasteiger partial charge in [-0.05, 0) is 13.8 Å². The van der Waals surface area contributed by atoms with Crippen molar-refractivity contribution in [2.75, 3.05) is 40.1 Å². The van der Waals surface area contributed by atoms with Gasteiger partial charge in [0.25, 0.3) is 0 Å². The minimum atomic E-state index is -1.57. The van der Waals surface area contributed by atoms with Crippen LogP contribution in [0.1, 0.15) is 13.8 Å². The molecular weight excluding hydrogens is 264 g/mol. The van der Waals surface area contributed by atoms with Gasteiger partial charge in [0, 0.05) is 13.7 Å². The maximum Gasteiger partial charge on any atom is 0.353 e. The molecule has 0 bridgehead atoms. The van der Waals surface area contributed by atoms with Crippen LogP contribution in [0.3, 0.4) is 0 Å². The molecule has 0 saturated carbocycles. The predicted octanol–water partition coefficient (Wildman–Crippen LogP) is 1.66. The summed E-state index contributed by atoms with van der Waals surface area (Å²) in [5.74, 6) is -2.23. The molecule has 0 aliphatic heterocycles. The summed E-state index contributed by atoms with van der Waals surface area (Å²) in [5, 5.41) is 0. The van der Waals surface area contributed by atoms with Crippen LogP contribution in [0.2, 0.25) is 0 Å². The van der Waals surface area contributed by atoms with Gasteiger partial charge in [-0.25, -0.2) is 4.79 Å². The van der Waals surface area contributed by atoms with E-state index in [2.05, 4.69) is 13.2 Å². The van der Waals surface area contributed by atoms with Gasteiger partial charge in [-0.2, -0.15) is 0 Å². The molecule has 0 radical (unpaired) electrons. The highest BCUT2D eigenvalue weighted by Crippen LogP contribution is 2.17. The van der Waals surface area contributed by atoms with Crippen LogP contribution in [-0.2, 0) is 28.5 Å². The number of hydrogen-bond acceptors (Lipinski definition) is 6. The van der Waals surface area contributed by atoms with Gasteiger partial charge in [-0.3, -0.25) is 0 Å². The smallest absolute Gasteiger partial charge is 0.353 e. The summed E-state index contributed by atoms with van der Waals surface area (Å²) in [6.45, 7) is 11.8. The summed E-state index contributed by atoms with van der Waals surface area (Å²) in [6, 6.07) is 0. The summed E-state index contributed by atoms with van der Waals surface area (Å²) >= 11 is 0. The molecule has 6 nitrogen and oxygen atoms in total. The molecule has 116 valence electrons. The molecule has 1 atom stereocenters. The third kappa shape index (κ3) is 6.81. The molecule has 0 rings (SSSR count). The first-order chi connectivity index (χ1) is 9.55. The zero-order valence-electron chi connectivity index (χ0n) is 12.5. The maximum absolute atomic E-state index is 11.9. The van der Waals surface area contributed by atoms with Crippen LogP contribution >= 0.6 is 0 Å². The van der Waals surface area contributed by atoms with Crippen molar-refractivity contribution >= 4 is 5.97 Å². The molecule has 0 heterocycles. The monoisotopic (exact) mass is 288 g/mol. The maximum atomic E-state index is 11.9. The average molecular weight is 288 g/mol. The number of methoxy groups -OCH3 is 1. The molecule has 0 N–H and O–H groups in total. The summed E-state index contributed by atoms with van der Waals surface area (Å²) in [7, 11) is 1.37. The van der Waals surface area contributed by atoms with Crippen LogP contribution in [0.25, 0.3) is 0 Å². The molecule has 1 unspecified atom stereocenters. The quantitative estimate of drug-likeness (QED) is 0.179. The minimum Gasteiger partial charge on any atom is -0.402 e. The molecule has 20 heavy (non-hydrogen) atoms. The van der Waals surface area contributed by atoms with Gasteiger partial charge in [0.15, 0.2) is 0 Å². The molecule has 0 aromatic carbocycles. The molecule has 0 saturated heterocycles. The van der Waals surface area contributed by atoms with E-state index >= 15 is 0 Å². The van der Waals surface area contributed by atoms with Gasteiger partial charge in [0.05, 0.1) is 25.4 Å². The molecule has 0 aromatic rings. The van der Waals surface area contributed by atoms with Gasteiger partial charge >= 0.3 is 11.9 Å². The van der Waals surface area contributed by atoms with Crippen LogP contribution in [0.15, 0.2) is 24.8 Å². The SMILES string of the molecule is C=CCOCC(=C)C(=O)OC(COCC)(OC)OCC. The molecule has 0 aliphatic rings. The van der Waals surface area contributed by atoms with E-state index in [0.717, 1.165) is 0 Å². The molecule has 0 aliphatic carbocycles. The van der Waals surface area contributed by atoms with E-state index < -0.39 is 11.9 Å². The Labute approximate surface area is 120 Å². The fourth-order valence-corrected chi connectivity index (χ4v) is 1.24. The van der Waals surface area contributed by atoms with Crippen molar-refractivity contribution in [2.45, 2.75) is 19.8 Å². The van der Waals surface area contributed by atoms with Gasteiger partial charge in [-0.1, -0.05) is 12.7 Å². The highest BCUT2D eigenvalue weighted by atomic mass is 16.9. The van der Waals surface area contributed by atoms with Gasteiger partial charge in [0.2, 0.25) is 0 Å². The number of carbonyl (C=O) groups is 1. The van der Waals surface area contributed by atoms with E-state index in [4.69, 9.17) is 23.7 Å². The second-order valence-corrected chi connectivity index (χ2v) is 3.75. The van der Waals surface area contributed by atoms with Crippen LogP contribution in [-0.4, -0.2) is 52.1 Å². The Morgan fingerprint density at radius 1 is 1.25 bits per heavy atom. The van der Waals surface area contributed by atoms with Gasteiger partial charge < -0.3 is 23.7 Å². The molecule has 0 amide bonds. The van der Waals surface area contributed by atoms with Crippen molar-refractivity contribution in [1.29, 1.82) is 0 Å². The van der Waals surface area contributed by atoms with Gasteiger partial charge in [-0.15, -0.1) is 6.58 Å². The Balaban J connectivity index is 4.57. The third-order valence-corrected chi connectivity index (χ3v) is 2.21. The van der Waals surface area contributed by atoms with E-state index in [-0.39, 0.29) is 18.8 Å². The van der Waals surface area contributed by atoms with Crippen LogP contribution in [0, 0.1) is 0 Å². The lowest BCUT2D eigenvalue weighted by molar-refractivity contribution is -0.366. The van der Waals surface area contributed by atoms with E-state index in [1.807, 2.05) is 6.92 Å². The molecule has 0 aromatic heterocycles. The third-order valence-electron chi connectivity index (χ3n) is 2.21. The molecule has 0 fully saturated rings. The minimum absolute atomic E-state index is 0.0274. The zero-order valence-corrected chi connectivity index (χ0v) is 12.5. The Morgan fingerprint density at radius 3 is 2.45 bits per heavy atom. The highest BCUT2D eigenvalue weighted by Gasteiger charge is 2.36. The fraction of sp³-hybridized carbons (Fsp3) is 0.643. The second kappa shape index (κ2) is 10.6. The normalized spacial score (nSPS) is 13.6. The lowest BCUT2D eigenvalue weighted by Gasteiger charge is -2.30. The number of rotatable bonds is 12. The fourth-order valence-electron chi connectivity index (χ4n) is 1.24. The van der Waals surface area contributed by atoms with E-state index in [0.29, 0.717) is 19.8 Å². The Kier molecular flexibility index (Phi) is 9.92. The Hall–Kier alpha value is -1.21. The summed E-state index contributed by atoms with van der Waals surface area (Å²) in [4.78, 5) is 11.9. The van der Waals surface area contributed by atoms with Crippen molar-refractivity contribution in [3.8, 4) is 0 Å². The first-order valence-corrected chi connectivity index (χ1v) is 6.41. The van der Waals surface area contributed by atoms with Crippen molar-refractivity contribution in [3.05, 3.63) is 24.8 Å². The zero-order chi connectivity index (χ0) is 15.4. The molecule has 0 spiro atoms. The standard InChI is InChI=1S/C14H24O6/c1-6-9-18-10-12(4)13(15)20-14(16-5,19-8-3)11-17-7-2/h6H,1,4,7-11H2,2-3,5H3. The first-order valence-electron chi connectivity index (χ1n) is 6.41. The van der Waals surface area contributed by atoms with Crippen molar-refractivity contribution in [2.24, 2.45) is 0 Å². The number of hydrogen-bond donors (Lipinski definition) is 0. The van der Waals surface area contributed by atoms with Crippen molar-refractivity contribution < 1.29 is 28.5 Å². The molecule has 6 heteroatoms. The lowest BCUT2D eigenvalue weighted by Crippen LogP contribution is -2.45. The van der Waals surface area contributed by atoms with Crippen LogP contribution in [0.5, 0.6) is 0 Å². The lowest BCUT2D eigenvalue weighted by atomic mass is 10.3. The molecular formula is C14H24O6. The first kappa shape index (κ1) is 18.8. The summed E-state index contributed by atoms with van der Waals surface area (Å²) in [6.07, 6.45) is 1.58. The second-order valence-electron chi connectivity index (χ2n) is 3.75. The van der Waals surface area contributed by atoms with E-state index in [1.54, 1.807) is 13.0 Å².